The Morgan fingerprint density at radius 1 is 1.15 bits per heavy atom. The second kappa shape index (κ2) is 7.13. The lowest BCUT2D eigenvalue weighted by molar-refractivity contribution is 0.0997. The van der Waals surface area contributed by atoms with Crippen LogP contribution in [0.5, 0.6) is 0 Å². The third-order valence-corrected chi connectivity index (χ3v) is 4.81. The third kappa shape index (κ3) is 3.78. The van der Waals surface area contributed by atoms with Crippen LogP contribution in [0.1, 0.15) is 21.0 Å². The van der Waals surface area contributed by atoms with E-state index in [0.29, 0.717) is 22.5 Å². The number of benzene rings is 2. The molecular weight excluding hydrogens is 367 g/mol. The summed E-state index contributed by atoms with van der Waals surface area (Å²) < 4.78 is 18.8. The van der Waals surface area contributed by atoms with E-state index in [1.165, 1.54) is 29.5 Å². The zero-order valence-corrected chi connectivity index (χ0v) is 14.8. The molecular formula is C20H13FN2O3S. The Morgan fingerprint density at radius 2 is 2.00 bits per heavy atom. The highest BCUT2D eigenvalue weighted by molar-refractivity contribution is 7.15. The van der Waals surface area contributed by atoms with Crippen molar-refractivity contribution in [1.29, 1.82) is 0 Å². The van der Waals surface area contributed by atoms with Crippen LogP contribution in [0.3, 0.4) is 0 Å². The van der Waals surface area contributed by atoms with Crippen LogP contribution in [-0.2, 0) is 6.42 Å². The molecule has 1 amide bonds. The molecule has 0 saturated heterocycles. The molecule has 0 bridgehead atoms. The average molecular weight is 380 g/mol. The molecule has 27 heavy (non-hydrogen) atoms. The Morgan fingerprint density at radius 3 is 2.85 bits per heavy atom. The number of rotatable bonds is 4. The molecule has 7 heteroatoms. The highest BCUT2D eigenvalue weighted by Crippen LogP contribution is 2.22. The Kier molecular flexibility index (Phi) is 4.52. The van der Waals surface area contributed by atoms with Crippen molar-refractivity contribution in [3.63, 3.8) is 0 Å². The van der Waals surface area contributed by atoms with Gasteiger partial charge in [0.15, 0.2) is 16.3 Å². The van der Waals surface area contributed by atoms with Crippen molar-refractivity contribution in [2.24, 2.45) is 0 Å². The minimum absolute atomic E-state index is 0.0828. The van der Waals surface area contributed by atoms with Crippen molar-refractivity contribution in [3.8, 4) is 0 Å². The third-order valence-electron chi connectivity index (χ3n) is 3.90. The fourth-order valence-corrected chi connectivity index (χ4v) is 3.51. The smallest absolute Gasteiger partial charge is 0.293 e. The number of amides is 1. The van der Waals surface area contributed by atoms with E-state index in [4.69, 9.17) is 4.42 Å². The van der Waals surface area contributed by atoms with Crippen molar-refractivity contribution < 1.29 is 13.6 Å². The maximum atomic E-state index is 13.3. The van der Waals surface area contributed by atoms with Crippen molar-refractivity contribution in [2.45, 2.75) is 6.42 Å². The fraction of sp³-hybridized carbons (Fsp3) is 0.0500. The van der Waals surface area contributed by atoms with Gasteiger partial charge in [-0.1, -0.05) is 24.3 Å². The first-order valence-corrected chi connectivity index (χ1v) is 8.93. The highest BCUT2D eigenvalue weighted by atomic mass is 32.1. The molecule has 0 radical (unpaired) electrons. The first-order chi connectivity index (χ1) is 13.1. The fourth-order valence-electron chi connectivity index (χ4n) is 2.67. The predicted molar refractivity (Wildman–Crippen MR) is 102 cm³/mol. The average Bonchev–Trinajstić information content (AvgIpc) is 3.08. The molecule has 4 aromatic rings. The summed E-state index contributed by atoms with van der Waals surface area (Å²) in [7, 11) is 0. The Labute approximate surface area is 157 Å². The van der Waals surface area contributed by atoms with Crippen molar-refractivity contribution in [3.05, 3.63) is 93.0 Å². The number of hydrogen-bond donors (Lipinski definition) is 1. The number of para-hydroxylation sites is 1. The number of halogens is 1. The molecule has 0 atom stereocenters. The molecule has 1 N–H and O–H groups in total. The number of carbonyl (C=O) groups excluding carboxylic acids is 1. The summed E-state index contributed by atoms with van der Waals surface area (Å²) >= 11 is 1.28. The quantitative estimate of drug-likeness (QED) is 0.575. The summed E-state index contributed by atoms with van der Waals surface area (Å²) in [6.07, 6.45) is 2.14. The number of nitrogens with zero attached hydrogens (tertiary/aromatic N) is 1. The molecule has 0 aliphatic heterocycles. The maximum Gasteiger partial charge on any atom is 0.293 e. The van der Waals surface area contributed by atoms with E-state index in [1.54, 1.807) is 36.5 Å². The number of nitrogens with one attached hydrogen (secondary N) is 1. The van der Waals surface area contributed by atoms with Crippen LogP contribution in [0, 0.1) is 5.82 Å². The lowest BCUT2D eigenvalue weighted by atomic mass is 10.1. The Hall–Kier alpha value is -3.32. The number of aromatic nitrogens is 1. The summed E-state index contributed by atoms with van der Waals surface area (Å²) in [6, 6.07) is 14.2. The number of carbonyl (C=O) groups is 1. The molecule has 2 aromatic carbocycles. The standard InChI is InChI=1S/C20H13FN2O3S/c21-13-5-3-4-12(8-13)9-14-11-22-20(27-14)23-19(25)18-10-16(24)15-6-1-2-7-17(15)26-18/h1-8,10-11H,9H2,(H,22,23,25). The van der Waals surface area contributed by atoms with Crippen LogP contribution < -0.4 is 10.7 Å². The molecule has 4 rings (SSSR count). The lowest BCUT2D eigenvalue weighted by Gasteiger charge is -2.02. The second-order valence-electron chi connectivity index (χ2n) is 5.86. The van der Waals surface area contributed by atoms with Gasteiger partial charge in [-0.3, -0.25) is 14.9 Å². The van der Waals surface area contributed by atoms with Crippen LogP contribution >= 0.6 is 11.3 Å². The first kappa shape index (κ1) is 17.1. The van der Waals surface area contributed by atoms with Crippen LogP contribution in [0.15, 0.2) is 70.0 Å². The van der Waals surface area contributed by atoms with Crippen molar-refractivity contribution in [1.82, 2.24) is 4.98 Å². The van der Waals surface area contributed by atoms with Gasteiger partial charge in [-0.25, -0.2) is 9.37 Å². The number of hydrogen-bond acceptors (Lipinski definition) is 5. The van der Waals surface area contributed by atoms with Crippen molar-refractivity contribution in [2.75, 3.05) is 5.32 Å². The van der Waals surface area contributed by atoms with Gasteiger partial charge in [-0.2, -0.15) is 0 Å². The summed E-state index contributed by atoms with van der Waals surface area (Å²) in [5.74, 6) is -0.929. The van der Waals surface area contributed by atoms with Gasteiger partial charge in [0.25, 0.3) is 5.91 Å². The van der Waals surface area contributed by atoms with Gasteiger partial charge in [0.05, 0.1) is 5.39 Å². The van der Waals surface area contributed by atoms with Gasteiger partial charge >= 0.3 is 0 Å². The second-order valence-corrected chi connectivity index (χ2v) is 6.98. The number of fused-ring (bicyclic) bond motifs is 1. The summed E-state index contributed by atoms with van der Waals surface area (Å²) in [5, 5.41) is 3.42. The maximum absolute atomic E-state index is 13.3. The molecule has 134 valence electrons. The van der Waals surface area contributed by atoms with E-state index in [2.05, 4.69) is 10.3 Å². The summed E-state index contributed by atoms with van der Waals surface area (Å²) in [6.45, 7) is 0. The molecule has 5 nitrogen and oxygen atoms in total. The van der Waals surface area contributed by atoms with Gasteiger partial charge in [0.1, 0.15) is 11.4 Å². The van der Waals surface area contributed by atoms with E-state index in [9.17, 15) is 14.0 Å². The van der Waals surface area contributed by atoms with Gasteiger partial charge < -0.3 is 4.42 Å². The van der Waals surface area contributed by atoms with E-state index >= 15 is 0 Å². The number of thiazole rings is 1. The molecule has 0 spiro atoms. The molecule has 0 fully saturated rings. The van der Waals surface area contributed by atoms with Crippen molar-refractivity contribution >= 4 is 33.3 Å². The topological polar surface area (TPSA) is 72.2 Å². The predicted octanol–water partition coefficient (Wildman–Crippen LogP) is 4.23. The molecule has 0 aliphatic carbocycles. The van der Waals surface area contributed by atoms with E-state index in [0.717, 1.165) is 10.4 Å². The van der Waals surface area contributed by atoms with E-state index in [1.807, 2.05) is 6.07 Å². The molecule has 0 aliphatic rings. The van der Waals surface area contributed by atoms with Gasteiger partial charge in [0, 0.05) is 23.6 Å². The van der Waals surface area contributed by atoms with Crippen LogP contribution in [0.25, 0.3) is 11.0 Å². The Bertz CT molecular complexity index is 1200. The minimum Gasteiger partial charge on any atom is -0.451 e. The largest absolute Gasteiger partial charge is 0.451 e. The first-order valence-electron chi connectivity index (χ1n) is 8.12. The monoisotopic (exact) mass is 380 g/mol. The van der Waals surface area contributed by atoms with Gasteiger partial charge in [-0.05, 0) is 29.8 Å². The van der Waals surface area contributed by atoms with Gasteiger partial charge in [0.2, 0.25) is 0 Å². The zero-order chi connectivity index (χ0) is 18.8. The van der Waals surface area contributed by atoms with Crippen LogP contribution in [-0.4, -0.2) is 10.9 Å². The van der Waals surface area contributed by atoms with Crippen LogP contribution in [0.2, 0.25) is 0 Å². The zero-order valence-electron chi connectivity index (χ0n) is 13.9. The summed E-state index contributed by atoms with van der Waals surface area (Å²) in [5.41, 5.74) is 0.881. The summed E-state index contributed by atoms with van der Waals surface area (Å²) in [4.78, 5) is 29.5. The highest BCUT2D eigenvalue weighted by Gasteiger charge is 2.14. The number of anilines is 1. The minimum atomic E-state index is -0.551. The SMILES string of the molecule is O=C(Nc1ncc(Cc2cccc(F)c2)s1)c1cc(=O)c2ccccc2o1. The molecule has 2 heterocycles. The van der Waals surface area contributed by atoms with E-state index < -0.39 is 5.91 Å². The Balaban J connectivity index is 1.52. The molecule has 0 unspecified atom stereocenters. The normalized spacial score (nSPS) is 10.9. The lowest BCUT2D eigenvalue weighted by Crippen LogP contribution is -2.14. The van der Waals surface area contributed by atoms with Gasteiger partial charge in [-0.15, -0.1) is 11.3 Å². The molecule has 0 saturated carbocycles. The van der Waals surface area contributed by atoms with E-state index in [-0.39, 0.29) is 17.0 Å². The molecule has 2 aromatic heterocycles. The van der Waals surface area contributed by atoms with Crippen LogP contribution in [0.4, 0.5) is 9.52 Å².